The molecule has 0 unspecified atom stereocenters. The topological polar surface area (TPSA) is 3.24 Å². The van der Waals surface area contributed by atoms with Crippen molar-refractivity contribution < 1.29 is 0 Å². The van der Waals surface area contributed by atoms with Gasteiger partial charge in [0.05, 0.1) is 8.07 Å². The SMILES string of the molecule is C=CC[Si](C)(C)CCCN(C(C)(C)C)C(C)(C)C. The second-order valence-corrected chi connectivity index (χ2v) is 13.5. The summed E-state index contributed by atoms with van der Waals surface area (Å²) in [6.45, 7) is 24.0. The van der Waals surface area contributed by atoms with Crippen LogP contribution in [-0.2, 0) is 0 Å². The zero-order valence-corrected chi connectivity index (χ0v) is 15.1. The quantitative estimate of drug-likeness (QED) is 0.475. The standard InChI is InChI=1S/C16H35NSi/c1-10-13-18(8,9)14-11-12-17(15(2,3)4)16(5,6)7/h10H,1,11-14H2,2-9H3. The van der Waals surface area contributed by atoms with E-state index in [9.17, 15) is 0 Å². The first kappa shape index (κ1) is 17.9. The highest BCUT2D eigenvalue weighted by atomic mass is 28.3. The van der Waals surface area contributed by atoms with E-state index in [2.05, 4.69) is 72.2 Å². The van der Waals surface area contributed by atoms with Crippen molar-refractivity contribution in [2.75, 3.05) is 6.54 Å². The minimum absolute atomic E-state index is 0.252. The highest BCUT2D eigenvalue weighted by Gasteiger charge is 2.31. The van der Waals surface area contributed by atoms with E-state index in [1.807, 2.05) is 0 Å². The smallest absolute Gasteiger partial charge is 0.0511 e. The summed E-state index contributed by atoms with van der Waals surface area (Å²) in [5.41, 5.74) is 0.505. The molecule has 0 atom stereocenters. The van der Waals surface area contributed by atoms with Crippen LogP contribution < -0.4 is 0 Å². The van der Waals surface area contributed by atoms with Gasteiger partial charge in [-0.3, -0.25) is 4.90 Å². The molecule has 1 nitrogen and oxygen atoms in total. The van der Waals surface area contributed by atoms with E-state index >= 15 is 0 Å². The Labute approximate surface area is 117 Å². The molecular weight excluding hydrogens is 234 g/mol. The van der Waals surface area contributed by atoms with Gasteiger partial charge in [0, 0.05) is 11.1 Å². The van der Waals surface area contributed by atoms with Crippen LogP contribution in [0.5, 0.6) is 0 Å². The highest BCUT2D eigenvalue weighted by molar-refractivity contribution is 6.77. The molecule has 2 heteroatoms. The van der Waals surface area contributed by atoms with Gasteiger partial charge >= 0.3 is 0 Å². The summed E-state index contributed by atoms with van der Waals surface area (Å²) in [5.74, 6) is 0. The fourth-order valence-corrected chi connectivity index (χ4v) is 4.99. The molecule has 0 N–H and O–H groups in total. The third kappa shape index (κ3) is 6.74. The molecule has 18 heavy (non-hydrogen) atoms. The van der Waals surface area contributed by atoms with E-state index in [1.165, 1.54) is 25.1 Å². The van der Waals surface area contributed by atoms with E-state index in [4.69, 9.17) is 0 Å². The van der Waals surface area contributed by atoms with Crippen LogP contribution in [-0.4, -0.2) is 30.6 Å². The molecule has 0 saturated heterocycles. The maximum absolute atomic E-state index is 3.89. The number of allylic oxidation sites excluding steroid dienone is 1. The van der Waals surface area contributed by atoms with E-state index in [-0.39, 0.29) is 11.1 Å². The summed E-state index contributed by atoms with van der Waals surface area (Å²) < 4.78 is 0. The van der Waals surface area contributed by atoms with Gasteiger partial charge in [-0.15, -0.1) is 6.58 Å². The van der Waals surface area contributed by atoms with Crippen LogP contribution in [0.3, 0.4) is 0 Å². The molecule has 0 aromatic rings. The van der Waals surface area contributed by atoms with Crippen molar-refractivity contribution in [2.45, 2.75) is 84.2 Å². The van der Waals surface area contributed by atoms with Crippen LogP contribution in [0.1, 0.15) is 48.0 Å². The third-order valence-corrected chi connectivity index (χ3v) is 6.65. The van der Waals surface area contributed by atoms with Crippen molar-refractivity contribution in [3.05, 3.63) is 12.7 Å². The number of hydrogen-bond donors (Lipinski definition) is 0. The van der Waals surface area contributed by atoms with Gasteiger partial charge in [0.1, 0.15) is 0 Å². The fourth-order valence-electron chi connectivity index (χ4n) is 2.89. The summed E-state index contributed by atoms with van der Waals surface area (Å²) in [6.07, 6.45) is 3.43. The van der Waals surface area contributed by atoms with Crippen molar-refractivity contribution in [3.63, 3.8) is 0 Å². The molecule has 0 aromatic carbocycles. The lowest BCUT2D eigenvalue weighted by molar-refractivity contribution is 0.0386. The number of hydrogen-bond acceptors (Lipinski definition) is 1. The van der Waals surface area contributed by atoms with Crippen molar-refractivity contribution in [1.82, 2.24) is 4.90 Å². The Morgan fingerprint density at radius 3 is 1.78 bits per heavy atom. The minimum atomic E-state index is -1.03. The molecule has 108 valence electrons. The second kappa shape index (κ2) is 6.38. The predicted molar refractivity (Wildman–Crippen MR) is 88.1 cm³/mol. The summed E-state index contributed by atoms with van der Waals surface area (Å²) in [6, 6.07) is 2.65. The lowest BCUT2D eigenvalue weighted by Gasteiger charge is -2.45. The average Bonchev–Trinajstić information content (AvgIpc) is 2.07. The molecule has 0 rings (SSSR count). The van der Waals surface area contributed by atoms with Crippen LogP contribution in [0.15, 0.2) is 12.7 Å². The Morgan fingerprint density at radius 1 is 1.00 bits per heavy atom. The third-order valence-electron chi connectivity index (χ3n) is 3.55. The van der Waals surface area contributed by atoms with Crippen molar-refractivity contribution in [3.8, 4) is 0 Å². The Hall–Kier alpha value is -0.0831. The largest absolute Gasteiger partial charge is 0.294 e. The van der Waals surface area contributed by atoms with Crippen LogP contribution in [0, 0.1) is 0 Å². The van der Waals surface area contributed by atoms with E-state index in [0.717, 1.165) is 0 Å². The van der Waals surface area contributed by atoms with Gasteiger partial charge in [-0.1, -0.05) is 25.2 Å². The summed E-state index contributed by atoms with van der Waals surface area (Å²) in [5, 5.41) is 0. The first-order chi connectivity index (χ1) is 7.90. The molecule has 0 aliphatic heterocycles. The Morgan fingerprint density at radius 2 is 1.44 bits per heavy atom. The zero-order valence-electron chi connectivity index (χ0n) is 14.1. The molecule has 0 heterocycles. The van der Waals surface area contributed by atoms with Gasteiger partial charge in [0.25, 0.3) is 0 Å². The predicted octanol–water partition coefficient (Wildman–Crippen LogP) is 5.17. The van der Waals surface area contributed by atoms with Gasteiger partial charge in [-0.25, -0.2) is 0 Å². The average molecular weight is 270 g/mol. The van der Waals surface area contributed by atoms with Crippen LogP contribution >= 0.6 is 0 Å². The van der Waals surface area contributed by atoms with Crippen molar-refractivity contribution in [2.24, 2.45) is 0 Å². The molecule has 0 fully saturated rings. The minimum Gasteiger partial charge on any atom is -0.294 e. The van der Waals surface area contributed by atoms with Gasteiger partial charge in [0.2, 0.25) is 0 Å². The first-order valence-electron chi connectivity index (χ1n) is 7.29. The lowest BCUT2D eigenvalue weighted by Crippen LogP contribution is -2.53. The van der Waals surface area contributed by atoms with Gasteiger partial charge in [0.15, 0.2) is 0 Å². The molecule has 0 spiro atoms. The van der Waals surface area contributed by atoms with Gasteiger partial charge in [-0.2, -0.15) is 0 Å². The van der Waals surface area contributed by atoms with Crippen LogP contribution in [0.2, 0.25) is 25.2 Å². The second-order valence-electron chi connectivity index (χ2n) is 8.25. The van der Waals surface area contributed by atoms with Gasteiger partial charge in [-0.05, 0) is 60.6 Å². The van der Waals surface area contributed by atoms with Crippen molar-refractivity contribution >= 4 is 8.07 Å². The molecule has 0 aliphatic carbocycles. The van der Waals surface area contributed by atoms with E-state index < -0.39 is 8.07 Å². The normalized spacial score (nSPS) is 14.1. The lowest BCUT2D eigenvalue weighted by atomic mass is 9.96. The monoisotopic (exact) mass is 269 g/mol. The molecular formula is C16H35NSi. The molecule has 0 bridgehead atoms. The Balaban J connectivity index is 4.44. The highest BCUT2D eigenvalue weighted by Crippen LogP contribution is 2.26. The van der Waals surface area contributed by atoms with Crippen LogP contribution in [0.25, 0.3) is 0 Å². The summed E-state index contributed by atoms with van der Waals surface area (Å²) in [4.78, 5) is 2.64. The Kier molecular flexibility index (Phi) is 6.35. The molecule has 0 aliphatic rings. The molecule has 0 aromatic heterocycles. The number of nitrogens with zero attached hydrogens (tertiary/aromatic N) is 1. The maximum atomic E-state index is 3.89. The molecule has 0 radical (unpaired) electrons. The molecule has 0 saturated carbocycles. The van der Waals surface area contributed by atoms with E-state index in [1.54, 1.807) is 0 Å². The first-order valence-corrected chi connectivity index (χ1v) is 10.7. The fraction of sp³-hybridized carbons (Fsp3) is 0.875. The zero-order chi connectivity index (χ0) is 14.6. The number of rotatable bonds is 6. The summed E-state index contributed by atoms with van der Waals surface area (Å²) >= 11 is 0. The summed E-state index contributed by atoms with van der Waals surface area (Å²) in [7, 11) is -1.03. The maximum Gasteiger partial charge on any atom is 0.0511 e. The van der Waals surface area contributed by atoms with Crippen LogP contribution in [0.4, 0.5) is 0 Å². The molecule has 0 amide bonds. The van der Waals surface area contributed by atoms with Gasteiger partial charge < -0.3 is 0 Å². The van der Waals surface area contributed by atoms with Crippen molar-refractivity contribution in [1.29, 1.82) is 0 Å². The van der Waals surface area contributed by atoms with E-state index in [0.29, 0.717) is 0 Å². The Bertz CT molecular complexity index is 241.